The third-order valence-corrected chi connectivity index (χ3v) is 4.76. The Morgan fingerprint density at radius 3 is 2.85 bits per heavy atom. The first-order valence-corrected chi connectivity index (χ1v) is 9.12. The molecule has 0 saturated carbocycles. The van der Waals surface area contributed by atoms with Crippen molar-refractivity contribution in [3.8, 4) is 5.75 Å². The van der Waals surface area contributed by atoms with Crippen molar-refractivity contribution < 1.29 is 9.26 Å². The van der Waals surface area contributed by atoms with Gasteiger partial charge in [-0.05, 0) is 17.7 Å². The number of nitrogens with one attached hydrogen (secondary N) is 1. The molecule has 3 heterocycles. The lowest BCUT2D eigenvalue weighted by molar-refractivity contribution is 0.144. The second-order valence-corrected chi connectivity index (χ2v) is 6.75. The van der Waals surface area contributed by atoms with Crippen molar-refractivity contribution >= 4 is 0 Å². The van der Waals surface area contributed by atoms with Gasteiger partial charge in [0.15, 0.2) is 6.61 Å². The van der Waals surface area contributed by atoms with Crippen LogP contribution in [0, 0.1) is 6.92 Å². The second-order valence-electron chi connectivity index (χ2n) is 6.75. The van der Waals surface area contributed by atoms with Crippen molar-refractivity contribution in [1.29, 1.82) is 0 Å². The fourth-order valence-electron chi connectivity index (χ4n) is 3.36. The summed E-state index contributed by atoms with van der Waals surface area (Å²) in [4.78, 5) is 11.1. The van der Waals surface area contributed by atoms with E-state index < -0.39 is 0 Å². The molecule has 1 aromatic carbocycles. The van der Waals surface area contributed by atoms with Gasteiger partial charge >= 0.3 is 0 Å². The minimum absolute atomic E-state index is 0.274. The summed E-state index contributed by atoms with van der Waals surface area (Å²) in [6, 6.07) is 8.46. The van der Waals surface area contributed by atoms with E-state index in [4.69, 9.17) is 9.26 Å². The number of aromatic nitrogens is 4. The van der Waals surface area contributed by atoms with Gasteiger partial charge in [-0.3, -0.25) is 4.90 Å². The molecule has 2 aromatic heterocycles. The molecule has 1 aliphatic rings. The first-order chi connectivity index (χ1) is 13.2. The van der Waals surface area contributed by atoms with Crippen LogP contribution in [0.3, 0.4) is 0 Å². The molecule has 1 fully saturated rings. The molecule has 1 N–H and O–H groups in total. The van der Waals surface area contributed by atoms with Gasteiger partial charge in [-0.15, -0.1) is 0 Å². The molecule has 8 nitrogen and oxygen atoms in total. The van der Waals surface area contributed by atoms with Crippen molar-refractivity contribution in [3.05, 3.63) is 59.8 Å². The predicted octanol–water partition coefficient (Wildman–Crippen LogP) is 1.84. The van der Waals surface area contributed by atoms with Crippen molar-refractivity contribution in [2.75, 3.05) is 19.6 Å². The van der Waals surface area contributed by atoms with Gasteiger partial charge in [-0.25, -0.2) is 4.98 Å². The zero-order valence-electron chi connectivity index (χ0n) is 15.6. The zero-order chi connectivity index (χ0) is 18.6. The maximum Gasteiger partial charge on any atom is 0.223 e. The Morgan fingerprint density at radius 1 is 1.30 bits per heavy atom. The minimum Gasteiger partial charge on any atom is -0.485 e. The number of imidazole rings is 1. The lowest BCUT2D eigenvalue weighted by Crippen LogP contribution is -2.46. The Hall–Kier alpha value is -2.71. The Kier molecular flexibility index (Phi) is 5.17. The Balaban J connectivity index is 1.39. The van der Waals surface area contributed by atoms with Gasteiger partial charge in [0.05, 0.1) is 6.04 Å². The van der Waals surface area contributed by atoms with Gasteiger partial charge < -0.3 is 19.1 Å². The van der Waals surface area contributed by atoms with Gasteiger partial charge in [0.2, 0.25) is 11.7 Å². The smallest absolute Gasteiger partial charge is 0.223 e. The molecule has 0 radical (unpaired) electrons. The standard InChI is InChI=1S/C19H24N6O2/c1-14-22-18(23-27-14)13-26-16-5-3-15(4-6-16)12-25-10-7-20-11-17(25)19-21-8-9-24(19)2/h3-6,8-9,17,20H,7,10-13H2,1-2H3. The molecule has 0 spiro atoms. The highest BCUT2D eigenvalue weighted by Crippen LogP contribution is 2.23. The third kappa shape index (κ3) is 4.17. The summed E-state index contributed by atoms with van der Waals surface area (Å²) >= 11 is 0. The predicted molar refractivity (Wildman–Crippen MR) is 99.0 cm³/mol. The highest BCUT2D eigenvalue weighted by Gasteiger charge is 2.26. The first-order valence-electron chi connectivity index (χ1n) is 9.12. The number of aryl methyl sites for hydroxylation is 2. The lowest BCUT2D eigenvalue weighted by Gasteiger charge is -2.35. The van der Waals surface area contributed by atoms with Gasteiger partial charge in [-0.1, -0.05) is 17.3 Å². The molecule has 0 amide bonds. The third-order valence-electron chi connectivity index (χ3n) is 4.76. The van der Waals surface area contributed by atoms with E-state index >= 15 is 0 Å². The molecular weight excluding hydrogens is 344 g/mol. The lowest BCUT2D eigenvalue weighted by atomic mass is 10.1. The normalized spacial score (nSPS) is 17.9. The fraction of sp³-hybridized carbons (Fsp3) is 0.421. The molecule has 8 heteroatoms. The van der Waals surface area contributed by atoms with E-state index in [2.05, 4.69) is 42.0 Å². The highest BCUT2D eigenvalue weighted by atomic mass is 16.5. The van der Waals surface area contributed by atoms with Crippen molar-refractivity contribution in [2.24, 2.45) is 7.05 Å². The average molecular weight is 368 g/mol. The monoisotopic (exact) mass is 368 g/mol. The van der Waals surface area contributed by atoms with Crippen LogP contribution in [0.1, 0.15) is 29.1 Å². The fourth-order valence-corrected chi connectivity index (χ4v) is 3.36. The Morgan fingerprint density at radius 2 is 2.15 bits per heavy atom. The minimum atomic E-state index is 0.274. The van der Waals surface area contributed by atoms with Crippen LogP contribution in [-0.2, 0) is 20.2 Å². The molecule has 142 valence electrons. The van der Waals surface area contributed by atoms with Crippen LogP contribution >= 0.6 is 0 Å². The van der Waals surface area contributed by atoms with E-state index in [1.807, 2.05) is 31.6 Å². The summed E-state index contributed by atoms with van der Waals surface area (Å²) < 4.78 is 12.8. The van der Waals surface area contributed by atoms with E-state index in [1.165, 1.54) is 5.56 Å². The maximum atomic E-state index is 5.72. The largest absolute Gasteiger partial charge is 0.485 e. The molecule has 1 atom stereocenters. The van der Waals surface area contributed by atoms with Crippen LogP contribution in [0.25, 0.3) is 0 Å². The van der Waals surface area contributed by atoms with Crippen LogP contribution in [0.5, 0.6) is 5.75 Å². The number of hydrogen-bond acceptors (Lipinski definition) is 7. The molecule has 4 rings (SSSR count). The SMILES string of the molecule is Cc1nc(COc2ccc(CN3CCNCC3c3nccn3C)cc2)no1. The Bertz CT molecular complexity index is 872. The number of hydrogen-bond donors (Lipinski definition) is 1. The number of ether oxygens (including phenoxy) is 1. The van der Waals surface area contributed by atoms with E-state index in [0.717, 1.165) is 37.8 Å². The molecule has 0 bridgehead atoms. The molecule has 1 saturated heterocycles. The van der Waals surface area contributed by atoms with Crippen LogP contribution in [0.4, 0.5) is 0 Å². The number of rotatable bonds is 6. The molecule has 0 aliphatic carbocycles. The number of nitrogens with zero attached hydrogens (tertiary/aromatic N) is 5. The maximum absolute atomic E-state index is 5.72. The summed E-state index contributed by atoms with van der Waals surface area (Å²) in [5.74, 6) is 2.98. The summed E-state index contributed by atoms with van der Waals surface area (Å²) in [7, 11) is 2.05. The van der Waals surface area contributed by atoms with E-state index in [-0.39, 0.29) is 6.04 Å². The molecule has 27 heavy (non-hydrogen) atoms. The summed E-state index contributed by atoms with van der Waals surface area (Å²) in [6.45, 7) is 5.84. The zero-order valence-corrected chi connectivity index (χ0v) is 15.6. The molecular formula is C19H24N6O2. The number of piperazine rings is 1. The highest BCUT2D eigenvalue weighted by molar-refractivity contribution is 5.27. The van der Waals surface area contributed by atoms with Gasteiger partial charge in [0.25, 0.3) is 0 Å². The molecule has 1 unspecified atom stereocenters. The van der Waals surface area contributed by atoms with E-state index in [1.54, 1.807) is 6.92 Å². The van der Waals surface area contributed by atoms with Gasteiger partial charge in [-0.2, -0.15) is 4.98 Å². The Labute approximate surface area is 158 Å². The van der Waals surface area contributed by atoms with Crippen LogP contribution in [0.2, 0.25) is 0 Å². The molecule has 3 aromatic rings. The average Bonchev–Trinajstić information content (AvgIpc) is 3.30. The van der Waals surface area contributed by atoms with E-state index in [0.29, 0.717) is 18.3 Å². The van der Waals surface area contributed by atoms with Crippen LogP contribution in [-0.4, -0.2) is 44.2 Å². The van der Waals surface area contributed by atoms with E-state index in [9.17, 15) is 0 Å². The number of benzene rings is 1. The van der Waals surface area contributed by atoms with Gasteiger partial charge in [0.1, 0.15) is 11.6 Å². The topological polar surface area (TPSA) is 81.2 Å². The second kappa shape index (κ2) is 7.89. The van der Waals surface area contributed by atoms with Gasteiger partial charge in [0, 0.05) is 52.5 Å². The quantitative estimate of drug-likeness (QED) is 0.711. The summed E-state index contributed by atoms with van der Waals surface area (Å²) in [5.41, 5.74) is 1.25. The van der Waals surface area contributed by atoms with Crippen molar-refractivity contribution in [2.45, 2.75) is 26.1 Å². The van der Waals surface area contributed by atoms with Crippen LogP contribution < -0.4 is 10.1 Å². The summed E-state index contributed by atoms with van der Waals surface area (Å²) in [5, 5.41) is 7.31. The molecule has 1 aliphatic heterocycles. The van der Waals surface area contributed by atoms with Crippen LogP contribution in [0.15, 0.2) is 41.2 Å². The summed E-state index contributed by atoms with van der Waals surface area (Å²) in [6.07, 6.45) is 3.86. The van der Waals surface area contributed by atoms with Crippen molar-refractivity contribution in [3.63, 3.8) is 0 Å². The first kappa shape index (κ1) is 17.7. The van der Waals surface area contributed by atoms with Crippen molar-refractivity contribution in [1.82, 2.24) is 29.9 Å².